The van der Waals surface area contributed by atoms with Gasteiger partial charge in [0, 0.05) is 24.7 Å². The molecule has 1 aromatic heterocycles. The Hall–Kier alpha value is -3.22. The fourth-order valence-corrected chi connectivity index (χ4v) is 3.10. The lowest BCUT2D eigenvalue weighted by Gasteiger charge is -2.18. The maximum absolute atomic E-state index is 12.8. The van der Waals surface area contributed by atoms with Crippen molar-refractivity contribution in [2.24, 2.45) is 0 Å². The Morgan fingerprint density at radius 1 is 1.15 bits per heavy atom. The number of benzene rings is 2. The third-order valence-electron chi connectivity index (χ3n) is 4.44. The molecule has 0 saturated carbocycles. The van der Waals surface area contributed by atoms with Gasteiger partial charge in [0.15, 0.2) is 5.58 Å². The summed E-state index contributed by atoms with van der Waals surface area (Å²) in [7, 11) is 3.17. The predicted octanol–water partition coefficient (Wildman–Crippen LogP) is 3.06. The molecule has 2 aromatic carbocycles. The Kier molecular flexibility index (Phi) is 4.12. The molecule has 7 heteroatoms. The van der Waals surface area contributed by atoms with Crippen LogP contribution in [0.4, 0.5) is 11.7 Å². The van der Waals surface area contributed by atoms with Crippen LogP contribution in [-0.4, -0.2) is 37.7 Å². The van der Waals surface area contributed by atoms with Crippen molar-refractivity contribution < 1.29 is 18.7 Å². The number of rotatable bonds is 5. The molecule has 7 nitrogen and oxygen atoms in total. The average Bonchev–Trinajstić information content (AvgIpc) is 3.24. The van der Waals surface area contributed by atoms with Crippen LogP contribution in [0.5, 0.6) is 11.5 Å². The number of fused-ring (bicyclic) bond motifs is 1. The molecule has 0 radical (unpaired) electrons. The third-order valence-corrected chi connectivity index (χ3v) is 4.44. The number of carbonyl (C=O) groups is 1. The van der Waals surface area contributed by atoms with Crippen LogP contribution in [0.25, 0.3) is 11.1 Å². The number of oxazole rings is 1. The molecular formula is C19H19N3O4. The van der Waals surface area contributed by atoms with Crippen molar-refractivity contribution in [2.75, 3.05) is 31.0 Å². The van der Waals surface area contributed by atoms with E-state index in [-0.39, 0.29) is 11.9 Å². The number of hydrogen-bond donors (Lipinski definition) is 1. The Labute approximate surface area is 150 Å². The predicted molar refractivity (Wildman–Crippen MR) is 97.9 cm³/mol. The van der Waals surface area contributed by atoms with E-state index >= 15 is 0 Å². The molecule has 1 N–H and O–H groups in total. The summed E-state index contributed by atoms with van der Waals surface area (Å²) >= 11 is 0. The molecule has 1 amide bonds. The van der Waals surface area contributed by atoms with Crippen LogP contribution < -0.4 is 19.7 Å². The van der Waals surface area contributed by atoms with Crippen molar-refractivity contribution >= 4 is 28.7 Å². The number of para-hydroxylation sites is 2. The largest absolute Gasteiger partial charge is 0.497 e. The molecule has 26 heavy (non-hydrogen) atoms. The second-order valence-electron chi connectivity index (χ2n) is 6.03. The second-order valence-corrected chi connectivity index (χ2v) is 6.03. The second kappa shape index (κ2) is 6.59. The lowest BCUT2D eigenvalue weighted by Crippen LogP contribution is -2.33. The highest BCUT2D eigenvalue weighted by Crippen LogP contribution is 2.31. The molecule has 0 spiro atoms. The van der Waals surface area contributed by atoms with E-state index in [1.165, 1.54) is 0 Å². The Bertz CT molecular complexity index is 898. The van der Waals surface area contributed by atoms with Gasteiger partial charge >= 0.3 is 0 Å². The van der Waals surface area contributed by atoms with Gasteiger partial charge in [-0.25, -0.2) is 0 Å². The molecule has 134 valence electrons. The number of anilines is 2. The first-order valence-corrected chi connectivity index (χ1v) is 8.34. The number of carbonyl (C=O) groups excluding carboxylic acids is 1. The van der Waals surface area contributed by atoms with E-state index in [0.717, 1.165) is 11.2 Å². The Morgan fingerprint density at radius 3 is 2.58 bits per heavy atom. The average molecular weight is 353 g/mol. The monoisotopic (exact) mass is 353 g/mol. The highest BCUT2D eigenvalue weighted by molar-refractivity contribution is 6.01. The number of nitrogens with one attached hydrogen (secondary N) is 1. The SMILES string of the molecule is COc1cc(OC)cc(N2CC[C@@H](Nc3nc4ccccc4o3)C2=O)c1. The van der Waals surface area contributed by atoms with Crippen molar-refractivity contribution in [3.05, 3.63) is 42.5 Å². The summed E-state index contributed by atoms with van der Waals surface area (Å²) in [6.45, 7) is 0.590. The van der Waals surface area contributed by atoms with Crippen molar-refractivity contribution in [3.63, 3.8) is 0 Å². The molecule has 3 aromatic rings. The van der Waals surface area contributed by atoms with E-state index in [1.54, 1.807) is 25.2 Å². The normalized spacial score (nSPS) is 16.9. The number of ether oxygens (including phenoxy) is 2. The molecule has 0 bridgehead atoms. The zero-order valence-corrected chi connectivity index (χ0v) is 14.6. The van der Waals surface area contributed by atoms with Crippen LogP contribution >= 0.6 is 0 Å². The molecule has 2 heterocycles. The van der Waals surface area contributed by atoms with E-state index in [4.69, 9.17) is 13.9 Å². The van der Waals surface area contributed by atoms with Crippen molar-refractivity contribution in [3.8, 4) is 11.5 Å². The maximum Gasteiger partial charge on any atom is 0.296 e. The summed E-state index contributed by atoms with van der Waals surface area (Å²) in [6, 6.07) is 12.9. The van der Waals surface area contributed by atoms with E-state index in [0.29, 0.717) is 36.1 Å². The summed E-state index contributed by atoms with van der Waals surface area (Å²) < 4.78 is 16.2. The highest BCUT2D eigenvalue weighted by Gasteiger charge is 2.34. The third kappa shape index (κ3) is 2.92. The van der Waals surface area contributed by atoms with Gasteiger partial charge in [-0.3, -0.25) is 4.79 Å². The molecular weight excluding hydrogens is 334 g/mol. The number of aromatic nitrogens is 1. The number of hydrogen-bond acceptors (Lipinski definition) is 6. The van der Waals surface area contributed by atoms with E-state index in [1.807, 2.05) is 36.4 Å². The summed E-state index contributed by atoms with van der Waals surface area (Å²) in [5.41, 5.74) is 2.19. The smallest absolute Gasteiger partial charge is 0.296 e. The summed E-state index contributed by atoms with van der Waals surface area (Å²) in [6.07, 6.45) is 0.650. The fraction of sp³-hybridized carbons (Fsp3) is 0.263. The fourth-order valence-electron chi connectivity index (χ4n) is 3.10. The zero-order chi connectivity index (χ0) is 18.1. The van der Waals surface area contributed by atoms with Gasteiger partial charge in [-0.15, -0.1) is 0 Å². The Morgan fingerprint density at radius 2 is 1.88 bits per heavy atom. The van der Waals surface area contributed by atoms with Crippen molar-refractivity contribution in [1.82, 2.24) is 4.98 Å². The Balaban J connectivity index is 1.54. The molecule has 0 unspecified atom stereocenters. The zero-order valence-electron chi connectivity index (χ0n) is 14.6. The van der Waals surface area contributed by atoms with E-state index in [9.17, 15) is 4.79 Å². The molecule has 1 fully saturated rings. The number of amides is 1. The first kappa shape index (κ1) is 16.3. The van der Waals surface area contributed by atoms with Crippen LogP contribution in [-0.2, 0) is 4.79 Å². The number of methoxy groups -OCH3 is 2. The maximum atomic E-state index is 12.8. The van der Waals surface area contributed by atoms with Crippen LogP contribution in [0.15, 0.2) is 46.9 Å². The molecule has 1 aliphatic heterocycles. The first-order valence-electron chi connectivity index (χ1n) is 8.34. The van der Waals surface area contributed by atoms with Gasteiger partial charge < -0.3 is 24.1 Å². The molecule has 0 aliphatic carbocycles. The summed E-state index contributed by atoms with van der Waals surface area (Å²) in [5.74, 6) is 1.24. The van der Waals surface area contributed by atoms with Crippen LogP contribution in [0.3, 0.4) is 0 Å². The van der Waals surface area contributed by atoms with E-state index in [2.05, 4.69) is 10.3 Å². The highest BCUT2D eigenvalue weighted by atomic mass is 16.5. The number of nitrogens with zero attached hydrogens (tertiary/aromatic N) is 2. The summed E-state index contributed by atoms with van der Waals surface area (Å²) in [5, 5.41) is 3.11. The topological polar surface area (TPSA) is 76.8 Å². The van der Waals surface area contributed by atoms with Gasteiger partial charge in [0.1, 0.15) is 23.1 Å². The minimum atomic E-state index is -0.389. The van der Waals surface area contributed by atoms with Gasteiger partial charge in [-0.05, 0) is 18.6 Å². The van der Waals surface area contributed by atoms with E-state index < -0.39 is 0 Å². The van der Waals surface area contributed by atoms with Crippen molar-refractivity contribution in [1.29, 1.82) is 0 Å². The van der Waals surface area contributed by atoms with Crippen molar-refractivity contribution in [2.45, 2.75) is 12.5 Å². The first-order chi connectivity index (χ1) is 12.7. The molecule has 1 aliphatic rings. The van der Waals surface area contributed by atoms with Gasteiger partial charge in [-0.1, -0.05) is 12.1 Å². The quantitative estimate of drug-likeness (QED) is 0.760. The van der Waals surface area contributed by atoms with Crippen LogP contribution in [0.2, 0.25) is 0 Å². The molecule has 1 atom stereocenters. The standard InChI is InChI=1S/C19H19N3O4/c1-24-13-9-12(10-14(11-13)25-2)22-8-7-16(18(22)23)21-19-20-15-5-3-4-6-17(15)26-19/h3-6,9-11,16H,7-8H2,1-2H3,(H,20,21)/t16-/m1/s1. The molecule has 1 saturated heterocycles. The lowest BCUT2D eigenvalue weighted by atomic mass is 10.2. The van der Waals surface area contributed by atoms with Gasteiger partial charge in [0.05, 0.1) is 19.9 Å². The van der Waals surface area contributed by atoms with Gasteiger partial charge in [0.2, 0.25) is 5.91 Å². The minimum Gasteiger partial charge on any atom is -0.497 e. The minimum absolute atomic E-state index is 0.0393. The van der Waals surface area contributed by atoms with Gasteiger partial charge in [-0.2, -0.15) is 4.98 Å². The summed E-state index contributed by atoms with van der Waals surface area (Å²) in [4.78, 5) is 18.9. The lowest BCUT2D eigenvalue weighted by molar-refractivity contribution is -0.117. The van der Waals surface area contributed by atoms with Gasteiger partial charge in [0.25, 0.3) is 6.01 Å². The van der Waals surface area contributed by atoms with Crippen LogP contribution in [0.1, 0.15) is 6.42 Å². The molecule has 4 rings (SSSR count). The van der Waals surface area contributed by atoms with Crippen LogP contribution in [0, 0.1) is 0 Å².